The second-order valence-corrected chi connectivity index (χ2v) is 8.34. The summed E-state index contributed by atoms with van der Waals surface area (Å²) in [6.45, 7) is 0. The maximum atomic E-state index is 10.8. The van der Waals surface area contributed by atoms with Gasteiger partial charge < -0.3 is 5.11 Å². The molecule has 0 unspecified atom stereocenters. The minimum absolute atomic E-state index is 0.310. The number of carbonyl (C=O) groups is 1. The third-order valence-electron chi connectivity index (χ3n) is 4.60. The van der Waals surface area contributed by atoms with Gasteiger partial charge in [-0.15, -0.1) is 0 Å². The van der Waals surface area contributed by atoms with Crippen molar-refractivity contribution in [1.29, 1.82) is 5.26 Å². The van der Waals surface area contributed by atoms with E-state index in [1.807, 2.05) is 24.3 Å². The van der Waals surface area contributed by atoms with E-state index in [0.717, 1.165) is 31.2 Å². The molecule has 0 heterocycles. The summed E-state index contributed by atoms with van der Waals surface area (Å²) < 4.78 is -1.63. The fourth-order valence-electron chi connectivity index (χ4n) is 2.94. The Morgan fingerprint density at radius 3 is 1.81 bits per heavy atom. The third-order valence-corrected chi connectivity index (χ3v) is 5.30. The summed E-state index contributed by atoms with van der Waals surface area (Å²) >= 11 is 11.4. The summed E-state index contributed by atoms with van der Waals surface area (Å²) in [5.41, 5.74) is 2.03. The average molecular weight is 398 g/mol. The first kappa shape index (κ1) is 22.8. The molecule has 144 valence electrons. The average Bonchev–Trinajstić information content (AvgIpc) is 2.63. The zero-order chi connectivity index (χ0) is 19.3. The van der Waals surface area contributed by atoms with E-state index in [0.29, 0.717) is 6.42 Å². The van der Waals surface area contributed by atoms with Crippen LogP contribution in [-0.4, -0.2) is 15.4 Å². The highest BCUT2D eigenvalue weighted by Gasteiger charge is 2.32. The number of hydrogen-bond donors (Lipinski definition) is 1. The van der Waals surface area contributed by atoms with Gasteiger partial charge in [-0.25, -0.2) is 4.79 Å². The number of aryl methyl sites for hydroxylation is 1. The Morgan fingerprint density at radius 1 is 0.885 bits per heavy atom. The highest BCUT2D eigenvalue weighted by molar-refractivity contribution is 6.57. The van der Waals surface area contributed by atoms with Crippen molar-refractivity contribution in [2.75, 3.05) is 0 Å². The van der Waals surface area contributed by atoms with E-state index in [9.17, 15) is 4.79 Å². The largest absolute Gasteiger partial charge is 0.479 e. The molecule has 1 rings (SSSR count). The Bertz CT molecular complexity index is 564. The summed E-state index contributed by atoms with van der Waals surface area (Å²) in [4.78, 5) is 10.8. The van der Waals surface area contributed by atoms with Crippen LogP contribution in [0.1, 0.15) is 81.8 Å². The molecule has 0 atom stereocenters. The van der Waals surface area contributed by atoms with Crippen LogP contribution in [0.15, 0.2) is 24.3 Å². The minimum Gasteiger partial charge on any atom is -0.479 e. The predicted octanol–water partition coefficient (Wildman–Crippen LogP) is 6.65. The van der Waals surface area contributed by atoms with Crippen LogP contribution in [0.25, 0.3) is 0 Å². The molecule has 1 aromatic rings. The molecule has 0 radical (unpaired) electrons. The molecule has 0 saturated carbocycles. The van der Waals surface area contributed by atoms with Crippen LogP contribution in [0.5, 0.6) is 0 Å². The van der Waals surface area contributed by atoms with Crippen molar-refractivity contribution >= 4 is 29.2 Å². The molecule has 0 aromatic heterocycles. The Kier molecular flexibility index (Phi) is 11.4. The SMILES string of the molecule is N#Cc1ccc(CCCCCCCCCCCCC(Cl)(Cl)C(=O)O)cc1. The predicted molar refractivity (Wildman–Crippen MR) is 108 cm³/mol. The van der Waals surface area contributed by atoms with Gasteiger partial charge in [0.1, 0.15) is 0 Å². The van der Waals surface area contributed by atoms with Crippen molar-refractivity contribution in [3.63, 3.8) is 0 Å². The number of halogens is 2. The maximum absolute atomic E-state index is 10.8. The molecule has 0 bridgehead atoms. The molecule has 1 N–H and O–H groups in total. The fraction of sp³-hybridized carbons (Fsp3) is 0.619. The third kappa shape index (κ3) is 10.0. The van der Waals surface area contributed by atoms with Crippen LogP contribution in [-0.2, 0) is 11.2 Å². The summed E-state index contributed by atoms with van der Waals surface area (Å²) in [5, 5.41) is 17.6. The zero-order valence-corrected chi connectivity index (χ0v) is 16.9. The van der Waals surface area contributed by atoms with Crippen LogP contribution in [0.3, 0.4) is 0 Å². The summed E-state index contributed by atoms with van der Waals surface area (Å²) in [5.74, 6) is -1.15. The van der Waals surface area contributed by atoms with Gasteiger partial charge >= 0.3 is 5.97 Å². The lowest BCUT2D eigenvalue weighted by atomic mass is 10.0. The van der Waals surface area contributed by atoms with E-state index in [1.54, 1.807) is 0 Å². The van der Waals surface area contributed by atoms with Crippen molar-refractivity contribution in [3.8, 4) is 6.07 Å². The number of carboxylic acids is 1. The van der Waals surface area contributed by atoms with Crippen molar-refractivity contribution in [3.05, 3.63) is 35.4 Å². The van der Waals surface area contributed by atoms with E-state index < -0.39 is 10.3 Å². The van der Waals surface area contributed by atoms with Crippen LogP contribution in [0, 0.1) is 11.3 Å². The molecular formula is C21H29Cl2NO2. The number of nitriles is 1. The second-order valence-electron chi connectivity index (χ2n) is 6.85. The molecule has 0 aliphatic rings. The number of aliphatic carboxylic acids is 1. The lowest BCUT2D eigenvalue weighted by Gasteiger charge is -2.13. The highest BCUT2D eigenvalue weighted by Crippen LogP contribution is 2.28. The van der Waals surface area contributed by atoms with Gasteiger partial charge in [0, 0.05) is 0 Å². The van der Waals surface area contributed by atoms with Crippen molar-refractivity contribution in [2.45, 2.75) is 81.4 Å². The van der Waals surface area contributed by atoms with Crippen molar-refractivity contribution in [2.24, 2.45) is 0 Å². The number of rotatable bonds is 14. The van der Waals surface area contributed by atoms with Crippen LogP contribution < -0.4 is 0 Å². The first-order valence-electron chi connectivity index (χ1n) is 9.56. The normalized spacial score (nSPS) is 11.3. The Labute approximate surface area is 167 Å². The molecule has 0 amide bonds. The molecule has 26 heavy (non-hydrogen) atoms. The second kappa shape index (κ2) is 13.0. The molecule has 0 spiro atoms. The van der Waals surface area contributed by atoms with Gasteiger partial charge in [-0.05, 0) is 43.4 Å². The minimum atomic E-state index is -1.63. The fourth-order valence-corrected chi connectivity index (χ4v) is 3.21. The van der Waals surface area contributed by atoms with E-state index in [2.05, 4.69) is 6.07 Å². The van der Waals surface area contributed by atoms with Crippen molar-refractivity contribution < 1.29 is 9.90 Å². The van der Waals surface area contributed by atoms with Crippen LogP contribution in [0.4, 0.5) is 0 Å². The molecule has 0 aliphatic heterocycles. The summed E-state index contributed by atoms with van der Waals surface area (Å²) in [7, 11) is 0. The summed E-state index contributed by atoms with van der Waals surface area (Å²) in [6, 6.07) is 10.0. The molecule has 0 fully saturated rings. The molecule has 5 heteroatoms. The lowest BCUT2D eigenvalue weighted by Crippen LogP contribution is -2.25. The number of unbranched alkanes of at least 4 members (excludes halogenated alkanes) is 9. The first-order valence-corrected chi connectivity index (χ1v) is 10.3. The number of alkyl halides is 2. The number of carboxylic acid groups (broad SMARTS) is 1. The van der Waals surface area contributed by atoms with Gasteiger partial charge in [-0.2, -0.15) is 5.26 Å². The number of nitrogens with zero attached hydrogens (tertiary/aromatic N) is 1. The van der Waals surface area contributed by atoms with Gasteiger partial charge in [0.25, 0.3) is 0 Å². The topological polar surface area (TPSA) is 61.1 Å². The van der Waals surface area contributed by atoms with Gasteiger partial charge in [-0.3, -0.25) is 0 Å². The van der Waals surface area contributed by atoms with Crippen molar-refractivity contribution in [1.82, 2.24) is 0 Å². The molecule has 3 nitrogen and oxygen atoms in total. The number of benzene rings is 1. The lowest BCUT2D eigenvalue weighted by molar-refractivity contribution is -0.138. The Balaban J connectivity index is 1.89. The zero-order valence-electron chi connectivity index (χ0n) is 15.4. The van der Waals surface area contributed by atoms with E-state index in [4.69, 9.17) is 33.6 Å². The van der Waals surface area contributed by atoms with Crippen LogP contribution >= 0.6 is 23.2 Å². The quantitative estimate of drug-likeness (QED) is 0.282. The van der Waals surface area contributed by atoms with Gasteiger partial charge in [0.05, 0.1) is 11.6 Å². The number of hydrogen-bond acceptors (Lipinski definition) is 2. The monoisotopic (exact) mass is 397 g/mol. The molecule has 0 saturated heterocycles. The van der Waals surface area contributed by atoms with E-state index in [-0.39, 0.29) is 0 Å². The highest BCUT2D eigenvalue weighted by atomic mass is 35.5. The standard InChI is InChI=1S/C21H29Cl2NO2/c22-21(23,20(25)26)16-10-8-6-4-2-1-3-5-7-9-11-18-12-14-19(17-24)15-13-18/h12-15H,1-11,16H2,(H,25,26). The smallest absolute Gasteiger partial charge is 0.340 e. The molecule has 1 aromatic carbocycles. The van der Waals surface area contributed by atoms with Gasteiger partial charge in [-0.1, -0.05) is 86.7 Å². The maximum Gasteiger partial charge on any atom is 0.340 e. The van der Waals surface area contributed by atoms with Gasteiger partial charge in [0.2, 0.25) is 4.33 Å². The Morgan fingerprint density at radius 2 is 1.35 bits per heavy atom. The van der Waals surface area contributed by atoms with Gasteiger partial charge in [0.15, 0.2) is 0 Å². The summed E-state index contributed by atoms with van der Waals surface area (Å²) in [6.07, 6.45) is 13.0. The molecular weight excluding hydrogens is 369 g/mol. The van der Waals surface area contributed by atoms with Crippen LogP contribution in [0.2, 0.25) is 0 Å². The molecule has 0 aliphatic carbocycles. The Hall–Kier alpha value is -1.24. The van der Waals surface area contributed by atoms with E-state index in [1.165, 1.54) is 50.5 Å². The first-order chi connectivity index (χ1) is 12.5. The van der Waals surface area contributed by atoms with E-state index >= 15 is 0 Å².